The first-order valence-corrected chi connectivity index (χ1v) is 12.4. The van der Waals surface area contributed by atoms with E-state index < -0.39 is 17.9 Å². The van der Waals surface area contributed by atoms with Gasteiger partial charge in [-0.25, -0.2) is 4.79 Å². The van der Waals surface area contributed by atoms with Crippen molar-refractivity contribution in [1.29, 1.82) is 0 Å². The average Bonchev–Trinajstić information content (AvgIpc) is 2.77. The molecule has 0 spiro atoms. The van der Waals surface area contributed by atoms with Crippen LogP contribution in [0.4, 0.5) is 0 Å². The van der Waals surface area contributed by atoms with Gasteiger partial charge in [0.2, 0.25) is 5.91 Å². The molecule has 1 N–H and O–H groups in total. The molecule has 2 aromatic carbocycles. The maximum absolute atomic E-state index is 13.1. The summed E-state index contributed by atoms with van der Waals surface area (Å²) in [7, 11) is 0. The Bertz CT molecular complexity index is 830. The van der Waals surface area contributed by atoms with Gasteiger partial charge in [-0.1, -0.05) is 72.4 Å². The number of amides is 1. The van der Waals surface area contributed by atoms with Gasteiger partial charge in [0.05, 0.1) is 12.5 Å². The summed E-state index contributed by atoms with van der Waals surface area (Å²) in [6, 6.07) is 18.9. The Kier molecular flexibility index (Phi) is 11.2. The molecule has 1 amide bonds. The second-order valence-electron chi connectivity index (χ2n) is 7.00. The molecule has 2 rings (SSSR count). The molecule has 0 aliphatic rings. The zero-order chi connectivity index (χ0) is 22.5. The first-order valence-electron chi connectivity index (χ1n) is 10.3. The molecule has 0 saturated heterocycles. The zero-order valence-electron chi connectivity index (χ0n) is 17.9. The monoisotopic (exact) mass is 459 g/mol. The zero-order valence-corrected chi connectivity index (χ0v) is 19.5. The van der Waals surface area contributed by atoms with E-state index in [1.165, 1.54) is 6.92 Å². The highest BCUT2D eigenvalue weighted by atomic mass is 32.2. The molecule has 5 nitrogen and oxygen atoms in total. The number of hydrogen-bond donors (Lipinski definition) is 1. The van der Waals surface area contributed by atoms with Crippen LogP contribution in [0.5, 0.6) is 0 Å². The molecule has 31 heavy (non-hydrogen) atoms. The molecule has 2 aromatic rings. The Hall–Kier alpha value is -2.25. The van der Waals surface area contributed by atoms with Crippen molar-refractivity contribution in [3.63, 3.8) is 0 Å². The minimum atomic E-state index is -0.734. The maximum atomic E-state index is 13.1. The van der Waals surface area contributed by atoms with E-state index in [1.54, 1.807) is 18.7 Å². The van der Waals surface area contributed by atoms with Gasteiger partial charge in [0.1, 0.15) is 6.04 Å². The van der Waals surface area contributed by atoms with E-state index in [0.717, 1.165) is 28.6 Å². The van der Waals surface area contributed by atoms with Crippen LogP contribution in [-0.2, 0) is 31.3 Å². The lowest BCUT2D eigenvalue weighted by Gasteiger charge is -2.21. The summed E-state index contributed by atoms with van der Waals surface area (Å²) in [6.07, 6.45) is 0.500. The Balaban J connectivity index is 2.03. The molecule has 0 aliphatic carbocycles. The van der Waals surface area contributed by atoms with Crippen molar-refractivity contribution in [3.8, 4) is 0 Å². The summed E-state index contributed by atoms with van der Waals surface area (Å²) < 4.78 is 5.18. The lowest BCUT2D eigenvalue weighted by Crippen LogP contribution is -2.47. The molecule has 0 aliphatic heterocycles. The highest BCUT2D eigenvalue weighted by Crippen LogP contribution is 2.18. The molecule has 0 radical (unpaired) electrons. The number of ether oxygens (including phenoxy) is 1. The van der Waals surface area contributed by atoms with Gasteiger partial charge in [0.15, 0.2) is 5.12 Å². The molecular formula is C24H29NO4S2. The molecule has 0 unspecified atom stereocenters. The summed E-state index contributed by atoms with van der Waals surface area (Å²) >= 11 is 2.70. The molecule has 7 heteroatoms. The largest absolute Gasteiger partial charge is 0.464 e. The van der Waals surface area contributed by atoms with Crippen LogP contribution in [0.15, 0.2) is 60.7 Å². The Morgan fingerprint density at radius 3 is 2.13 bits per heavy atom. The third-order valence-corrected chi connectivity index (χ3v) is 6.55. The molecule has 0 aromatic heterocycles. The van der Waals surface area contributed by atoms with Crippen molar-refractivity contribution in [2.45, 2.75) is 32.1 Å². The van der Waals surface area contributed by atoms with Crippen LogP contribution in [0.25, 0.3) is 0 Å². The number of benzene rings is 2. The molecule has 0 saturated carbocycles. The maximum Gasteiger partial charge on any atom is 0.329 e. The highest BCUT2D eigenvalue weighted by Gasteiger charge is 2.27. The van der Waals surface area contributed by atoms with Crippen LogP contribution in [-0.4, -0.2) is 41.1 Å². The average molecular weight is 460 g/mol. The van der Waals surface area contributed by atoms with E-state index in [0.29, 0.717) is 17.9 Å². The van der Waals surface area contributed by atoms with E-state index in [9.17, 15) is 14.4 Å². The van der Waals surface area contributed by atoms with Gasteiger partial charge in [-0.15, -0.1) is 0 Å². The quantitative estimate of drug-likeness (QED) is 0.482. The second kappa shape index (κ2) is 13.9. The van der Waals surface area contributed by atoms with Crippen LogP contribution >= 0.6 is 23.5 Å². The van der Waals surface area contributed by atoms with Gasteiger partial charge < -0.3 is 10.1 Å². The summed E-state index contributed by atoms with van der Waals surface area (Å²) in [5.74, 6) is 0.415. The van der Waals surface area contributed by atoms with Gasteiger partial charge in [-0.05, 0) is 24.5 Å². The normalized spacial score (nSPS) is 12.6. The number of nitrogens with one attached hydrogen (secondary N) is 1. The Morgan fingerprint density at radius 2 is 1.55 bits per heavy atom. The van der Waals surface area contributed by atoms with Gasteiger partial charge in [-0.3, -0.25) is 9.59 Å². The van der Waals surface area contributed by atoms with Gasteiger partial charge in [0.25, 0.3) is 0 Å². The summed E-state index contributed by atoms with van der Waals surface area (Å²) in [4.78, 5) is 37.0. The first-order chi connectivity index (χ1) is 15.0. The van der Waals surface area contributed by atoms with E-state index in [1.807, 2.05) is 60.7 Å². The molecule has 0 bridgehead atoms. The van der Waals surface area contributed by atoms with Crippen LogP contribution in [0.2, 0.25) is 0 Å². The van der Waals surface area contributed by atoms with Crippen LogP contribution < -0.4 is 5.32 Å². The van der Waals surface area contributed by atoms with Gasteiger partial charge in [-0.2, -0.15) is 11.8 Å². The molecular weight excluding hydrogens is 430 g/mol. The highest BCUT2D eigenvalue weighted by molar-refractivity contribution is 8.13. The fourth-order valence-electron chi connectivity index (χ4n) is 2.91. The van der Waals surface area contributed by atoms with Crippen molar-refractivity contribution in [3.05, 3.63) is 71.8 Å². The van der Waals surface area contributed by atoms with Crippen molar-refractivity contribution >= 4 is 40.5 Å². The number of carbonyl (C=O) groups is 3. The number of rotatable bonds is 12. The van der Waals surface area contributed by atoms with Crippen LogP contribution in [0.1, 0.15) is 25.0 Å². The molecule has 0 heterocycles. The lowest BCUT2D eigenvalue weighted by molar-refractivity contribution is -0.147. The summed E-state index contributed by atoms with van der Waals surface area (Å²) in [5, 5.41) is 2.84. The van der Waals surface area contributed by atoms with Crippen molar-refractivity contribution in [2.75, 3.05) is 18.1 Å². The van der Waals surface area contributed by atoms with Crippen molar-refractivity contribution in [1.82, 2.24) is 5.32 Å². The Morgan fingerprint density at radius 1 is 0.935 bits per heavy atom. The predicted octanol–water partition coefficient (Wildman–Crippen LogP) is 4.11. The smallest absolute Gasteiger partial charge is 0.329 e. The Labute approximate surface area is 192 Å². The molecule has 166 valence electrons. The van der Waals surface area contributed by atoms with Crippen LogP contribution in [0.3, 0.4) is 0 Å². The van der Waals surface area contributed by atoms with E-state index in [2.05, 4.69) is 5.32 Å². The lowest BCUT2D eigenvalue weighted by atomic mass is 10.00. The topological polar surface area (TPSA) is 72.5 Å². The summed E-state index contributed by atoms with van der Waals surface area (Å²) in [6.45, 7) is 3.49. The fourth-order valence-corrected chi connectivity index (χ4v) is 4.62. The van der Waals surface area contributed by atoms with E-state index >= 15 is 0 Å². The molecule has 0 fully saturated rings. The van der Waals surface area contributed by atoms with Crippen molar-refractivity contribution in [2.24, 2.45) is 5.92 Å². The minimum absolute atomic E-state index is 0.0359. The predicted molar refractivity (Wildman–Crippen MR) is 128 cm³/mol. The number of esters is 1. The van der Waals surface area contributed by atoms with E-state index in [4.69, 9.17) is 4.74 Å². The number of hydrogen-bond acceptors (Lipinski definition) is 6. The first kappa shape index (κ1) is 25.0. The third kappa shape index (κ3) is 9.61. The number of carbonyl (C=O) groups excluding carboxylic acids is 3. The standard InChI is InChI=1S/C24H29NO4S2/c1-3-29-24(28)22(17-30-15-20-12-8-5-9-13-20)25-23(27)21(16-31-18(2)26)14-19-10-6-4-7-11-19/h4-13,21-22H,3,14-17H2,1-2H3,(H,25,27)/t21-,22-/m0/s1. The second-order valence-corrected chi connectivity index (χ2v) is 9.23. The number of thioether (sulfide) groups is 2. The molecule has 2 atom stereocenters. The van der Waals surface area contributed by atoms with Crippen LogP contribution in [0, 0.1) is 5.92 Å². The SMILES string of the molecule is CCOC(=O)[C@H](CSCc1ccccc1)NC(=O)[C@H](CSC(C)=O)Cc1ccccc1. The third-order valence-electron chi connectivity index (χ3n) is 4.47. The van der Waals surface area contributed by atoms with Gasteiger partial charge in [0, 0.05) is 24.2 Å². The minimum Gasteiger partial charge on any atom is -0.464 e. The van der Waals surface area contributed by atoms with E-state index in [-0.39, 0.29) is 17.6 Å². The van der Waals surface area contributed by atoms with Crippen molar-refractivity contribution < 1.29 is 19.1 Å². The fraction of sp³-hybridized carbons (Fsp3) is 0.375. The summed E-state index contributed by atoms with van der Waals surface area (Å²) in [5.41, 5.74) is 2.17. The van der Waals surface area contributed by atoms with Gasteiger partial charge >= 0.3 is 5.97 Å².